The van der Waals surface area contributed by atoms with Crippen molar-refractivity contribution < 1.29 is 8.42 Å². The first-order valence-electron chi connectivity index (χ1n) is 5.21. The van der Waals surface area contributed by atoms with Crippen LogP contribution in [0.1, 0.15) is 6.92 Å². The van der Waals surface area contributed by atoms with Crippen molar-refractivity contribution in [1.29, 1.82) is 0 Å². The molecule has 7 heteroatoms. The second-order valence-corrected chi connectivity index (χ2v) is 5.81. The van der Waals surface area contributed by atoms with Gasteiger partial charge in [0.1, 0.15) is 0 Å². The van der Waals surface area contributed by atoms with E-state index in [1.54, 1.807) is 31.2 Å². The Morgan fingerprint density at radius 1 is 1.33 bits per heavy atom. The molecule has 6 nitrogen and oxygen atoms in total. The minimum Gasteiger partial charge on any atom is -0.220 e. The van der Waals surface area contributed by atoms with Gasteiger partial charge < -0.3 is 0 Å². The molecule has 0 saturated carbocycles. The van der Waals surface area contributed by atoms with Gasteiger partial charge in [-0.1, -0.05) is 35.4 Å². The quantitative estimate of drug-likeness (QED) is 0.770. The second-order valence-electron chi connectivity index (χ2n) is 3.93. The van der Waals surface area contributed by atoms with Crippen LogP contribution in [0.2, 0.25) is 0 Å². The highest BCUT2D eigenvalue weighted by Gasteiger charge is 2.23. The SMILES string of the molecule is C=C(C)CS(=O)(=O)c1nnnn1-c1ccccc1. The van der Waals surface area contributed by atoms with Gasteiger partial charge in [-0.2, -0.15) is 4.68 Å². The van der Waals surface area contributed by atoms with Gasteiger partial charge >= 0.3 is 0 Å². The molecule has 0 amide bonds. The molecule has 0 bridgehead atoms. The largest absolute Gasteiger partial charge is 0.272 e. The molecule has 1 aromatic carbocycles. The predicted octanol–water partition coefficient (Wildman–Crippen LogP) is 1.01. The number of aromatic nitrogens is 4. The molecule has 0 aliphatic rings. The van der Waals surface area contributed by atoms with Gasteiger partial charge in [-0.3, -0.25) is 0 Å². The van der Waals surface area contributed by atoms with Crippen LogP contribution in [-0.2, 0) is 9.84 Å². The van der Waals surface area contributed by atoms with Gasteiger partial charge in [-0.05, 0) is 29.5 Å². The van der Waals surface area contributed by atoms with Gasteiger partial charge in [0.25, 0.3) is 5.16 Å². The molecule has 0 atom stereocenters. The zero-order valence-corrected chi connectivity index (χ0v) is 10.6. The number of sulfone groups is 1. The van der Waals surface area contributed by atoms with E-state index < -0.39 is 9.84 Å². The summed E-state index contributed by atoms with van der Waals surface area (Å²) in [6.45, 7) is 5.24. The van der Waals surface area contributed by atoms with Crippen LogP contribution in [-0.4, -0.2) is 34.4 Å². The Morgan fingerprint density at radius 2 is 2.00 bits per heavy atom. The third-order valence-corrected chi connectivity index (χ3v) is 3.84. The van der Waals surface area contributed by atoms with Crippen LogP contribution in [0.15, 0.2) is 47.6 Å². The molecule has 0 N–H and O–H groups in total. The molecule has 0 radical (unpaired) electrons. The van der Waals surface area contributed by atoms with Crippen LogP contribution < -0.4 is 0 Å². The molecule has 0 aliphatic carbocycles. The molecule has 18 heavy (non-hydrogen) atoms. The molecule has 94 valence electrons. The summed E-state index contributed by atoms with van der Waals surface area (Å²) in [6, 6.07) is 8.86. The molecular weight excluding hydrogens is 252 g/mol. The maximum atomic E-state index is 12.1. The summed E-state index contributed by atoms with van der Waals surface area (Å²) < 4.78 is 25.4. The summed E-state index contributed by atoms with van der Waals surface area (Å²) in [5.41, 5.74) is 1.14. The van der Waals surface area contributed by atoms with Gasteiger partial charge in [-0.15, -0.1) is 0 Å². The van der Waals surface area contributed by atoms with Gasteiger partial charge in [0.15, 0.2) is 0 Å². The fourth-order valence-corrected chi connectivity index (χ4v) is 2.84. The lowest BCUT2D eigenvalue weighted by Gasteiger charge is -2.05. The Hall–Kier alpha value is -2.02. The fraction of sp³-hybridized carbons (Fsp3) is 0.182. The van der Waals surface area contributed by atoms with Crippen LogP contribution in [0.5, 0.6) is 0 Å². The van der Waals surface area contributed by atoms with Gasteiger partial charge in [-0.25, -0.2) is 8.42 Å². The maximum absolute atomic E-state index is 12.1. The number of benzene rings is 1. The number of hydrogen-bond acceptors (Lipinski definition) is 5. The molecule has 2 aromatic rings. The van der Waals surface area contributed by atoms with E-state index in [0.717, 1.165) is 0 Å². The van der Waals surface area contributed by atoms with Gasteiger partial charge in [0.2, 0.25) is 9.84 Å². The minimum atomic E-state index is -3.57. The number of para-hydroxylation sites is 1. The highest BCUT2D eigenvalue weighted by atomic mass is 32.2. The average molecular weight is 264 g/mol. The van der Waals surface area contributed by atoms with Crippen LogP contribution in [0, 0.1) is 0 Å². The number of hydrogen-bond donors (Lipinski definition) is 0. The van der Waals surface area contributed by atoms with Crippen molar-refractivity contribution in [2.24, 2.45) is 0 Å². The Kier molecular flexibility index (Phi) is 3.24. The molecule has 0 spiro atoms. The number of nitrogens with zero attached hydrogens (tertiary/aromatic N) is 4. The summed E-state index contributed by atoms with van der Waals surface area (Å²) in [4.78, 5) is 0. The van der Waals surface area contributed by atoms with Gasteiger partial charge in [0, 0.05) is 0 Å². The Labute approximate surface area is 105 Å². The van der Waals surface area contributed by atoms with Crippen molar-refractivity contribution in [3.05, 3.63) is 42.5 Å². The second kappa shape index (κ2) is 4.69. The highest BCUT2D eigenvalue weighted by molar-refractivity contribution is 7.91. The molecule has 0 fully saturated rings. The van der Waals surface area contributed by atoms with Gasteiger partial charge in [0.05, 0.1) is 11.4 Å². The molecule has 2 rings (SSSR count). The molecule has 1 heterocycles. The molecule has 0 unspecified atom stereocenters. The van der Waals surface area contributed by atoms with Crippen molar-refractivity contribution >= 4 is 9.84 Å². The smallest absolute Gasteiger partial charge is 0.220 e. The van der Waals surface area contributed by atoms with E-state index in [9.17, 15) is 8.42 Å². The van der Waals surface area contributed by atoms with Crippen molar-refractivity contribution in [3.8, 4) is 5.69 Å². The fourth-order valence-electron chi connectivity index (χ4n) is 1.49. The summed E-state index contributed by atoms with van der Waals surface area (Å²) in [6.07, 6.45) is 0. The standard InChI is InChI=1S/C11H12N4O2S/c1-9(2)8-18(16,17)11-12-13-14-15(11)10-6-4-3-5-7-10/h3-7H,1,8H2,2H3. The Morgan fingerprint density at radius 3 is 2.61 bits per heavy atom. The van der Waals surface area contributed by atoms with Crippen molar-refractivity contribution in [2.75, 3.05) is 5.75 Å². The molecule has 1 aromatic heterocycles. The zero-order chi connectivity index (χ0) is 13.2. The average Bonchev–Trinajstić information content (AvgIpc) is 2.78. The normalized spacial score (nSPS) is 11.4. The summed E-state index contributed by atoms with van der Waals surface area (Å²) in [5, 5.41) is 10.6. The lowest BCUT2D eigenvalue weighted by atomic mass is 10.3. The molecule has 0 saturated heterocycles. The highest BCUT2D eigenvalue weighted by Crippen LogP contribution is 2.14. The number of rotatable bonds is 4. The first-order valence-corrected chi connectivity index (χ1v) is 6.87. The third-order valence-electron chi connectivity index (χ3n) is 2.16. The first-order chi connectivity index (χ1) is 8.50. The zero-order valence-electron chi connectivity index (χ0n) is 9.81. The molecular formula is C11H12N4O2S. The van der Waals surface area contributed by atoms with E-state index in [4.69, 9.17) is 0 Å². The van der Waals surface area contributed by atoms with E-state index in [-0.39, 0.29) is 10.9 Å². The van der Waals surface area contributed by atoms with E-state index in [2.05, 4.69) is 22.1 Å². The Balaban J connectivity index is 2.50. The summed E-state index contributed by atoms with van der Waals surface area (Å²) in [5.74, 6) is -0.166. The van der Waals surface area contributed by atoms with Crippen molar-refractivity contribution in [1.82, 2.24) is 20.2 Å². The number of tetrazole rings is 1. The summed E-state index contributed by atoms with van der Waals surface area (Å²) in [7, 11) is -3.57. The van der Waals surface area contributed by atoms with Crippen molar-refractivity contribution in [3.63, 3.8) is 0 Å². The van der Waals surface area contributed by atoms with Crippen molar-refractivity contribution in [2.45, 2.75) is 12.1 Å². The van der Waals surface area contributed by atoms with E-state index in [1.807, 2.05) is 6.07 Å². The van der Waals surface area contributed by atoms with E-state index in [0.29, 0.717) is 11.3 Å². The van der Waals surface area contributed by atoms with Crippen LogP contribution in [0.3, 0.4) is 0 Å². The maximum Gasteiger partial charge on any atom is 0.272 e. The lowest BCUT2D eigenvalue weighted by molar-refractivity contribution is 0.582. The van der Waals surface area contributed by atoms with E-state index >= 15 is 0 Å². The monoisotopic (exact) mass is 264 g/mol. The topological polar surface area (TPSA) is 77.7 Å². The first kappa shape index (κ1) is 12.4. The minimum absolute atomic E-state index is 0.166. The van der Waals surface area contributed by atoms with Crippen LogP contribution in [0.4, 0.5) is 0 Å². The predicted molar refractivity (Wildman–Crippen MR) is 66.0 cm³/mol. The van der Waals surface area contributed by atoms with Crippen LogP contribution >= 0.6 is 0 Å². The summed E-state index contributed by atoms with van der Waals surface area (Å²) >= 11 is 0. The Bertz CT molecular complexity index is 661. The lowest BCUT2D eigenvalue weighted by Crippen LogP contribution is -2.14. The van der Waals surface area contributed by atoms with Crippen LogP contribution in [0.25, 0.3) is 5.69 Å². The molecule has 0 aliphatic heterocycles. The third kappa shape index (κ3) is 2.45. The van der Waals surface area contributed by atoms with E-state index in [1.165, 1.54) is 4.68 Å².